The van der Waals surface area contributed by atoms with Crippen LogP contribution in [0.25, 0.3) is 0 Å². The van der Waals surface area contributed by atoms with Gasteiger partial charge in [-0.1, -0.05) is 18.0 Å². The van der Waals surface area contributed by atoms with Crippen LogP contribution in [0.15, 0.2) is 18.2 Å². The maximum absolute atomic E-state index is 13.3. The Labute approximate surface area is 164 Å². The highest BCUT2D eigenvalue weighted by molar-refractivity contribution is 6.31. The first-order chi connectivity index (χ1) is 12.9. The molecule has 0 saturated carbocycles. The summed E-state index contributed by atoms with van der Waals surface area (Å²) in [5.74, 6) is -1.16. The predicted molar refractivity (Wildman–Crippen MR) is 104 cm³/mol. The maximum atomic E-state index is 13.3. The molecule has 0 aromatic heterocycles. The van der Waals surface area contributed by atoms with Gasteiger partial charge in [0.2, 0.25) is 11.8 Å². The third kappa shape index (κ3) is 4.61. The molecule has 0 bridgehead atoms. The third-order valence-corrected chi connectivity index (χ3v) is 6.05. The van der Waals surface area contributed by atoms with Gasteiger partial charge in [-0.25, -0.2) is 4.39 Å². The van der Waals surface area contributed by atoms with E-state index in [2.05, 4.69) is 24.1 Å². The number of carbonyl (C=O) groups excluding carboxylic acids is 2. The first kappa shape index (κ1) is 20.1. The van der Waals surface area contributed by atoms with E-state index in [1.165, 1.54) is 42.4 Å². The zero-order valence-corrected chi connectivity index (χ0v) is 16.6. The monoisotopic (exact) mass is 395 g/mol. The molecule has 1 aromatic carbocycles. The van der Waals surface area contributed by atoms with Crippen molar-refractivity contribution in [1.82, 2.24) is 10.2 Å². The van der Waals surface area contributed by atoms with E-state index in [9.17, 15) is 14.0 Å². The number of nitrogens with zero attached hydrogens (tertiary/aromatic N) is 2. The van der Waals surface area contributed by atoms with Crippen molar-refractivity contribution in [3.63, 3.8) is 0 Å². The largest absolute Gasteiger partial charge is 0.355 e. The van der Waals surface area contributed by atoms with Gasteiger partial charge in [-0.05, 0) is 44.9 Å². The molecule has 7 heteroatoms. The lowest BCUT2D eigenvalue weighted by atomic mass is 9.98. The van der Waals surface area contributed by atoms with Crippen molar-refractivity contribution in [2.24, 2.45) is 5.92 Å². The van der Waals surface area contributed by atoms with Crippen LogP contribution in [0.2, 0.25) is 5.02 Å². The van der Waals surface area contributed by atoms with Crippen LogP contribution < -0.4 is 10.2 Å². The number of hydrogen-bond acceptors (Lipinski definition) is 3. The van der Waals surface area contributed by atoms with Gasteiger partial charge < -0.3 is 10.2 Å². The Morgan fingerprint density at radius 2 is 2.00 bits per heavy atom. The molecular formula is C20H27ClFN3O2. The first-order valence-electron chi connectivity index (χ1n) is 9.65. The van der Waals surface area contributed by atoms with Gasteiger partial charge in [0.15, 0.2) is 0 Å². The summed E-state index contributed by atoms with van der Waals surface area (Å²) in [6.07, 6.45) is 3.82. The summed E-state index contributed by atoms with van der Waals surface area (Å²) in [6.45, 7) is 6.17. The van der Waals surface area contributed by atoms with Crippen molar-refractivity contribution in [3.8, 4) is 0 Å². The summed E-state index contributed by atoms with van der Waals surface area (Å²) in [7, 11) is 0. The number of rotatable bonds is 5. The first-order valence-corrected chi connectivity index (χ1v) is 10.0. The van der Waals surface area contributed by atoms with E-state index in [0.717, 1.165) is 6.54 Å². The van der Waals surface area contributed by atoms with Crippen molar-refractivity contribution in [1.29, 1.82) is 0 Å². The number of nitrogens with one attached hydrogen (secondary N) is 1. The van der Waals surface area contributed by atoms with E-state index in [1.807, 2.05) is 0 Å². The summed E-state index contributed by atoms with van der Waals surface area (Å²) in [4.78, 5) is 28.7. The van der Waals surface area contributed by atoms with Crippen molar-refractivity contribution in [2.75, 3.05) is 24.5 Å². The van der Waals surface area contributed by atoms with Crippen LogP contribution in [0.4, 0.5) is 10.1 Å². The number of carbonyl (C=O) groups is 2. The van der Waals surface area contributed by atoms with Gasteiger partial charge in [0.1, 0.15) is 5.82 Å². The molecule has 0 aliphatic carbocycles. The van der Waals surface area contributed by atoms with E-state index in [1.54, 1.807) is 0 Å². The second kappa shape index (κ2) is 8.57. The molecule has 0 unspecified atom stereocenters. The molecule has 1 N–H and O–H groups in total. The SMILES string of the molecule is C[C@@H]1CCC[C@H](C)N1CCNC(=O)[C@@H]1CC(=O)N(c2ccc(F)c(Cl)c2)C1. The van der Waals surface area contributed by atoms with Gasteiger partial charge in [-0.3, -0.25) is 14.5 Å². The van der Waals surface area contributed by atoms with Crippen LogP contribution in [0.1, 0.15) is 39.5 Å². The normalized spacial score (nSPS) is 26.4. The van der Waals surface area contributed by atoms with Crippen LogP contribution in [0.5, 0.6) is 0 Å². The van der Waals surface area contributed by atoms with Crippen molar-refractivity contribution < 1.29 is 14.0 Å². The summed E-state index contributed by atoms with van der Waals surface area (Å²) >= 11 is 5.81. The molecule has 2 amide bonds. The zero-order chi connectivity index (χ0) is 19.6. The minimum atomic E-state index is -0.525. The Kier molecular flexibility index (Phi) is 6.37. The van der Waals surface area contributed by atoms with E-state index in [4.69, 9.17) is 11.6 Å². The van der Waals surface area contributed by atoms with Gasteiger partial charge in [0.25, 0.3) is 0 Å². The van der Waals surface area contributed by atoms with Crippen LogP contribution in [-0.4, -0.2) is 48.4 Å². The summed E-state index contributed by atoms with van der Waals surface area (Å²) in [5, 5.41) is 2.95. The molecule has 5 nitrogen and oxygen atoms in total. The Hall–Kier alpha value is -1.66. The Morgan fingerprint density at radius 3 is 2.67 bits per heavy atom. The van der Waals surface area contributed by atoms with Crippen LogP contribution in [0, 0.1) is 11.7 Å². The molecular weight excluding hydrogens is 369 g/mol. The number of likely N-dealkylation sites (tertiary alicyclic amines) is 1. The fourth-order valence-electron chi connectivity index (χ4n) is 4.15. The van der Waals surface area contributed by atoms with E-state index in [-0.39, 0.29) is 23.3 Å². The number of amides is 2. The lowest BCUT2D eigenvalue weighted by Gasteiger charge is -2.39. The van der Waals surface area contributed by atoms with E-state index < -0.39 is 11.7 Å². The summed E-state index contributed by atoms with van der Waals surface area (Å²) < 4.78 is 13.3. The van der Waals surface area contributed by atoms with Gasteiger partial charge in [-0.2, -0.15) is 0 Å². The van der Waals surface area contributed by atoms with Crippen LogP contribution in [-0.2, 0) is 9.59 Å². The second-order valence-corrected chi connectivity index (χ2v) is 8.07. The minimum Gasteiger partial charge on any atom is -0.355 e. The minimum absolute atomic E-state index is 0.0297. The highest BCUT2D eigenvalue weighted by atomic mass is 35.5. The smallest absolute Gasteiger partial charge is 0.227 e. The highest BCUT2D eigenvalue weighted by Crippen LogP contribution is 2.28. The summed E-state index contributed by atoms with van der Waals surface area (Å²) in [6, 6.07) is 5.25. The third-order valence-electron chi connectivity index (χ3n) is 5.76. The molecule has 0 spiro atoms. The lowest BCUT2D eigenvalue weighted by Crippen LogP contribution is -2.47. The van der Waals surface area contributed by atoms with Crippen molar-refractivity contribution >= 4 is 29.1 Å². The lowest BCUT2D eigenvalue weighted by molar-refractivity contribution is -0.126. The highest BCUT2D eigenvalue weighted by Gasteiger charge is 2.35. The number of benzene rings is 1. The van der Waals surface area contributed by atoms with Gasteiger partial charge in [-0.15, -0.1) is 0 Å². The van der Waals surface area contributed by atoms with Crippen molar-refractivity contribution in [3.05, 3.63) is 29.0 Å². The standard InChI is InChI=1S/C20H27ClFN3O2/c1-13-4-3-5-14(2)24(13)9-8-23-20(27)15-10-19(26)25(12-15)16-6-7-18(22)17(21)11-16/h6-7,11,13-15H,3-5,8-10,12H2,1-2H3,(H,23,27)/t13-,14+,15-/m1/s1. The molecule has 2 heterocycles. The zero-order valence-electron chi connectivity index (χ0n) is 15.9. The molecule has 3 rings (SSSR count). The second-order valence-electron chi connectivity index (χ2n) is 7.66. The van der Waals surface area contributed by atoms with Crippen LogP contribution >= 0.6 is 11.6 Å². The van der Waals surface area contributed by atoms with Crippen LogP contribution in [0.3, 0.4) is 0 Å². The topological polar surface area (TPSA) is 52.7 Å². The maximum Gasteiger partial charge on any atom is 0.227 e. The average Bonchev–Trinajstić information content (AvgIpc) is 3.01. The van der Waals surface area contributed by atoms with Gasteiger partial charge >= 0.3 is 0 Å². The molecule has 0 radical (unpaired) electrons. The summed E-state index contributed by atoms with van der Waals surface area (Å²) in [5.41, 5.74) is 0.526. The molecule has 148 valence electrons. The molecule has 2 aliphatic heterocycles. The predicted octanol–water partition coefficient (Wildman–Crippen LogP) is 3.21. The van der Waals surface area contributed by atoms with Gasteiger partial charge in [0, 0.05) is 43.8 Å². The number of hydrogen-bond donors (Lipinski definition) is 1. The number of halogens is 2. The van der Waals surface area contributed by atoms with E-state index >= 15 is 0 Å². The molecule has 2 fully saturated rings. The fraction of sp³-hybridized carbons (Fsp3) is 0.600. The fourth-order valence-corrected chi connectivity index (χ4v) is 4.33. The van der Waals surface area contributed by atoms with E-state index in [0.29, 0.717) is 30.9 Å². The Bertz CT molecular complexity index is 704. The molecule has 1 aromatic rings. The van der Waals surface area contributed by atoms with Gasteiger partial charge in [0.05, 0.1) is 10.9 Å². The molecule has 27 heavy (non-hydrogen) atoms. The molecule has 2 saturated heterocycles. The Morgan fingerprint density at radius 1 is 1.30 bits per heavy atom. The molecule has 3 atom stereocenters. The quantitative estimate of drug-likeness (QED) is 0.832. The number of anilines is 1. The average molecular weight is 396 g/mol. The Balaban J connectivity index is 1.52. The van der Waals surface area contributed by atoms with Crippen molar-refractivity contribution in [2.45, 2.75) is 51.6 Å². The number of piperidine rings is 1. The molecule has 2 aliphatic rings.